The zero-order valence-corrected chi connectivity index (χ0v) is 10.3. The number of pyridine rings is 1. The average Bonchev–Trinajstić information content (AvgIpc) is 2.73. The lowest BCUT2D eigenvalue weighted by Gasteiger charge is -2.13. The molecule has 1 atom stereocenters. The highest BCUT2D eigenvalue weighted by Crippen LogP contribution is 1.99. The molecule has 0 unspecified atom stereocenters. The summed E-state index contributed by atoms with van der Waals surface area (Å²) < 4.78 is 1.97. The fraction of sp³-hybridized carbons (Fsp3) is 0.385. The van der Waals surface area contributed by atoms with Crippen LogP contribution in [0.3, 0.4) is 0 Å². The van der Waals surface area contributed by atoms with E-state index in [2.05, 4.69) is 41.5 Å². The molecule has 0 aliphatic carbocycles. The van der Waals surface area contributed by atoms with Crippen molar-refractivity contribution in [1.29, 1.82) is 0 Å². The van der Waals surface area contributed by atoms with Gasteiger partial charge < -0.3 is 5.32 Å². The summed E-state index contributed by atoms with van der Waals surface area (Å²) in [5, 5.41) is 7.73. The fourth-order valence-electron chi connectivity index (χ4n) is 1.71. The first kappa shape index (κ1) is 11.8. The van der Waals surface area contributed by atoms with Crippen molar-refractivity contribution < 1.29 is 0 Å². The normalized spacial score (nSPS) is 12.6. The molecule has 4 nitrogen and oxygen atoms in total. The van der Waals surface area contributed by atoms with Gasteiger partial charge in [-0.25, -0.2) is 0 Å². The Morgan fingerprint density at radius 1 is 1.41 bits per heavy atom. The molecule has 0 radical (unpaired) electrons. The Kier molecular flexibility index (Phi) is 3.88. The summed E-state index contributed by atoms with van der Waals surface area (Å²) in [6.45, 7) is 5.94. The van der Waals surface area contributed by atoms with Crippen molar-refractivity contribution in [3.05, 3.63) is 48.0 Å². The van der Waals surface area contributed by atoms with Crippen LogP contribution < -0.4 is 5.32 Å². The van der Waals surface area contributed by atoms with Crippen molar-refractivity contribution in [2.45, 2.75) is 33.0 Å². The molecule has 0 saturated carbocycles. The van der Waals surface area contributed by atoms with Crippen LogP contribution in [0.2, 0.25) is 0 Å². The van der Waals surface area contributed by atoms with Gasteiger partial charge in [0, 0.05) is 31.2 Å². The molecule has 0 bridgehead atoms. The van der Waals surface area contributed by atoms with Gasteiger partial charge in [0.05, 0.1) is 12.7 Å². The summed E-state index contributed by atoms with van der Waals surface area (Å²) in [5.74, 6) is 0. The molecule has 1 N–H and O–H groups in total. The van der Waals surface area contributed by atoms with Crippen molar-refractivity contribution in [3.8, 4) is 0 Å². The second-order valence-electron chi connectivity index (χ2n) is 4.38. The molecule has 2 aromatic rings. The van der Waals surface area contributed by atoms with E-state index in [1.807, 2.05) is 23.1 Å². The van der Waals surface area contributed by atoms with E-state index in [0.717, 1.165) is 13.1 Å². The highest BCUT2D eigenvalue weighted by molar-refractivity contribution is 5.08. The topological polar surface area (TPSA) is 42.7 Å². The van der Waals surface area contributed by atoms with E-state index >= 15 is 0 Å². The van der Waals surface area contributed by atoms with Gasteiger partial charge in [-0.05, 0) is 31.0 Å². The van der Waals surface area contributed by atoms with Crippen molar-refractivity contribution >= 4 is 0 Å². The molecule has 0 aromatic carbocycles. The van der Waals surface area contributed by atoms with Crippen LogP contribution in [0.1, 0.15) is 18.1 Å². The minimum absolute atomic E-state index is 0.384. The SMILES string of the molecule is Cc1cnn(C[C@H](C)NCc2cccnc2)c1. The lowest BCUT2D eigenvalue weighted by atomic mass is 10.2. The highest BCUT2D eigenvalue weighted by Gasteiger charge is 2.03. The second-order valence-corrected chi connectivity index (χ2v) is 4.38. The van der Waals surface area contributed by atoms with Crippen LogP contribution in [0.4, 0.5) is 0 Å². The van der Waals surface area contributed by atoms with Crippen molar-refractivity contribution in [3.63, 3.8) is 0 Å². The molecule has 90 valence electrons. The average molecular weight is 230 g/mol. The smallest absolute Gasteiger partial charge is 0.0560 e. The third-order valence-electron chi connectivity index (χ3n) is 2.60. The first-order valence-corrected chi connectivity index (χ1v) is 5.85. The van der Waals surface area contributed by atoms with E-state index in [9.17, 15) is 0 Å². The Bertz CT molecular complexity index is 449. The van der Waals surface area contributed by atoms with Gasteiger partial charge in [0.15, 0.2) is 0 Å². The first-order valence-electron chi connectivity index (χ1n) is 5.85. The first-order chi connectivity index (χ1) is 8.24. The van der Waals surface area contributed by atoms with Crippen LogP contribution in [-0.4, -0.2) is 20.8 Å². The monoisotopic (exact) mass is 230 g/mol. The molecule has 2 heterocycles. The number of nitrogens with one attached hydrogen (secondary N) is 1. The number of hydrogen-bond donors (Lipinski definition) is 1. The Morgan fingerprint density at radius 2 is 2.29 bits per heavy atom. The molecule has 0 aliphatic heterocycles. The Hall–Kier alpha value is -1.68. The van der Waals surface area contributed by atoms with Gasteiger partial charge in [-0.2, -0.15) is 5.10 Å². The molecule has 0 amide bonds. The molecule has 0 fully saturated rings. The summed E-state index contributed by atoms with van der Waals surface area (Å²) in [4.78, 5) is 4.09. The fourth-order valence-corrected chi connectivity index (χ4v) is 1.71. The van der Waals surface area contributed by atoms with E-state index in [4.69, 9.17) is 0 Å². The summed E-state index contributed by atoms with van der Waals surface area (Å²) in [5.41, 5.74) is 2.40. The van der Waals surface area contributed by atoms with E-state index in [-0.39, 0.29) is 0 Å². The minimum atomic E-state index is 0.384. The van der Waals surface area contributed by atoms with Gasteiger partial charge in [-0.1, -0.05) is 6.07 Å². The van der Waals surface area contributed by atoms with Gasteiger partial charge in [0.2, 0.25) is 0 Å². The maximum absolute atomic E-state index is 4.28. The molecule has 0 spiro atoms. The van der Waals surface area contributed by atoms with Crippen LogP contribution in [-0.2, 0) is 13.1 Å². The molecule has 4 heteroatoms. The molecular weight excluding hydrogens is 212 g/mol. The third kappa shape index (κ3) is 3.67. The second kappa shape index (κ2) is 5.59. The summed E-state index contributed by atoms with van der Waals surface area (Å²) in [7, 11) is 0. The number of nitrogens with zero attached hydrogens (tertiary/aromatic N) is 3. The number of hydrogen-bond acceptors (Lipinski definition) is 3. The minimum Gasteiger partial charge on any atom is -0.308 e. The predicted octanol–water partition coefficient (Wildman–Crippen LogP) is 1.76. The Morgan fingerprint density at radius 3 is 2.94 bits per heavy atom. The largest absolute Gasteiger partial charge is 0.308 e. The lowest BCUT2D eigenvalue weighted by Crippen LogP contribution is -2.30. The van der Waals surface area contributed by atoms with E-state index in [1.165, 1.54) is 11.1 Å². The summed E-state index contributed by atoms with van der Waals surface area (Å²) >= 11 is 0. The van der Waals surface area contributed by atoms with Crippen LogP contribution in [0.15, 0.2) is 36.9 Å². The van der Waals surface area contributed by atoms with Crippen LogP contribution >= 0.6 is 0 Å². The third-order valence-corrected chi connectivity index (χ3v) is 2.60. The molecular formula is C13H18N4. The van der Waals surface area contributed by atoms with Gasteiger partial charge in [0.1, 0.15) is 0 Å². The zero-order valence-electron chi connectivity index (χ0n) is 10.3. The van der Waals surface area contributed by atoms with Crippen molar-refractivity contribution in [2.75, 3.05) is 0 Å². The zero-order chi connectivity index (χ0) is 12.1. The number of aryl methyl sites for hydroxylation is 1. The molecule has 17 heavy (non-hydrogen) atoms. The predicted molar refractivity (Wildman–Crippen MR) is 67.5 cm³/mol. The molecule has 0 saturated heterocycles. The Labute approximate surface area is 102 Å². The van der Waals surface area contributed by atoms with E-state index < -0.39 is 0 Å². The Balaban J connectivity index is 1.80. The van der Waals surface area contributed by atoms with Crippen LogP contribution in [0.25, 0.3) is 0 Å². The van der Waals surface area contributed by atoms with Gasteiger partial charge in [0.25, 0.3) is 0 Å². The van der Waals surface area contributed by atoms with Crippen LogP contribution in [0.5, 0.6) is 0 Å². The maximum atomic E-state index is 4.28. The number of aromatic nitrogens is 3. The van der Waals surface area contributed by atoms with E-state index in [1.54, 1.807) is 6.20 Å². The van der Waals surface area contributed by atoms with Gasteiger partial charge in [-0.15, -0.1) is 0 Å². The van der Waals surface area contributed by atoms with E-state index in [0.29, 0.717) is 6.04 Å². The van der Waals surface area contributed by atoms with Crippen molar-refractivity contribution in [1.82, 2.24) is 20.1 Å². The lowest BCUT2D eigenvalue weighted by molar-refractivity contribution is 0.450. The van der Waals surface area contributed by atoms with Crippen LogP contribution in [0, 0.1) is 6.92 Å². The number of rotatable bonds is 5. The van der Waals surface area contributed by atoms with Gasteiger partial charge in [-0.3, -0.25) is 9.67 Å². The molecule has 2 aromatic heterocycles. The summed E-state index contributed by atoms with van der Waals surface area (Å²) in [6.07, 6.45) is 7.62. The molecule has 2 rings (SSSR count). The highest BCUT2D eigenvalue weighted by atomic mass is 15.3. The quantitative estimate of drug-likeness (QED) is 0.851. The molecule has 0 aliphatic rings. The standard InChI is InChI=1S/C13H18N4/c1-11-6-16-17(9-11)10-12(2)15-8-13-4-3-5-14-7-13/h3-7,9,12,15H,8,10H2,1-2H3/t12-/m0/s1. The van der Waals surface area contributed by atoms with Crippen molar-refractivity contribution in [2.24, 2.45) is 0 Å². The van der Waals surface area contributed by atoms with Gasteiger partial charge >= 0.3 is 0 Å². The maximum Gasteiger partial charge on any atom is 0.0560 e. The summed E-state index contributed by atoms with van der Waals surface area (Å²) in [6, 6.07) is 4.41.